The molecule has 1 aromatic heterocycles. The van der Waals surface area contributed by atoms with Crippen LogP contribution in [0.25, 0.3) is 0 Å². The highest BCUT2D eigenvalue weighted by Crippen LogP contribution is 2.35. The van der Waals surface area contributed by atoms with Gasteiger partial charge in [-0.05, 0) is 44.0 Å². The topological polar surface area (TPSA) is 34.2 Å². The number of hydrogen-bond acceptors (Lipinski definition) is 4. The number of nitrogens with one attached hydrogen (secondary N) is 1. The SMILES string of the molecule is CCCNC(c1cncs1)c1c(C)cc(C)cc1OC. The molecule has 1 N–H and O–H groups in total. The molecule has 1 atom stereocenters. The van der Waals surface area contributed by atoms with E-state index in [0.29, 0.717) is 0 Å². The van der Waals surface area contributed by atoms with Gasteiger partial charge in [0.05, 0.1) is 18.7 Å². The van der Waals surface area contributed by atoms with Gasteiger partial charge in [0.15, 0.2) is 0 Å². The van der Waals surface area contributed by atoms with Crippen LogP contribution in [0.15, 0.2) is 23.8 Å². The lowest BCUT2D eigenvalue weighted by Crippen LogP contribution is -2.23. The molecule has 1 unspecified atom stereocenters. The van der Waals surface area contributed by atoms with E-state index < -0.39 is 0 Å². The predicted molar refractivity (Wildman–Crippen MR) is 84.7 cm³/mol. The number of aryl methyl sites for hydroxylation is 2. The molecule has 3 nitrogen and oxygen atoms in total. The lowest BCUT2D eigenvalue weighted by Gasteiger charge is -2.22. The first-order valence-corrected chi connectivity index (χ1v) is 7.82. The second-order valence-electron chi connectivity index (χ2n) is 4.99. The van der Waals surface area contributed by atoms with Crippen molar-refractivity contribution in [3.63, 3.8) is 0 Å². The summed E-state index contributed by atoms with van der Waals surface area (Å²) in [7, 11) is 1.74. The first-order chi connectivity index (χ1) is 9.67. The Morgan fingerprint density at radius 1 is 1.35 bits per heavy atom. The van der Waals surface area contributed by atoms with Crippen LogP contribution in [-0.2, 0) is 0 Å². The minimum Gasteiger partial charge on any atom is -0.496 e. The highest BCUT2D eigenvalue weighted by Gasteiger charge is 2.21. The molecule has 20 heavy (non-hydrogen) atoms. The Morgan fingerprint density at radius 3 is 2.75 bits per heavy atom. The van der Waals surface area contributed by atoms with Crippen LogP contribution in [-0.4, -0.2) is 18.6 Å². The zero-order valence-corrected chi connectivity index (χ0v) is 13.4. The van der Waals surface area contributed by atoms with E-state index in [1.54, 1.807) is 18.4 Å². The molecule has 0 aliphatic heterocycles. The summed E-state index contributed by atoms with van der Waals surface area (Å²) in [5.41, 5.74) is 5.58. The third kappa shape index (κ3) is 3.19. The molecule has 0 aliphatic carbocycles. The molecule has 0 fully saturated rings. The third-order valence-corrected chi connectivity index (χ3v) is 4.18. The van der Waals surface area contributed by atoms with Crippen LogP contribution in [0, 0.1) is 13.8 Å². The molecule has 0 amide bonds. The highest BCUT2D eigenvalue weighted by molar-refractivity contribution is 7.09. The first-order valence-electron chi connectivity index (χ1n) is 6.94. The van der Waals surface area contributed by atoms with Crippen LogP contribution in [0.4, 0.5) is 0 Å². The number of thiazole rings is 1. The first kappa shape index (κ1) is 15.0. The Balaban J connectivity index is 2.48. The maximum absolute atomic E-state index is 5.61. The van der Waals surface area contributed by atoms with Crippen molar-refractivity contribution in [2.45, 2.75) is 33.2 Å². The second kappa shape index (κ2) is 6.86. The van der Waals surface area contributed by atoms with E-state index in [9.17, 15) is 0 Å². The molecule has 2 aromatic rings. The zero-order chi connectivity index (χ0) is 14.5. The molecular formula is C16H22N2OS. The van der Waals surface area contributed by atoms with Crippen LogP contribution >= 0.6 is 11.3 Å². The summed E-state index contributed by atoms with van der Waals surface area (Å²) in [6.07, 6.45) is 3.04. The molecule has 0 radical (unpaired) electrons. The molecule has 0 saturated carbocycles. The van der Waals surface area contributed by atoms with Crippen molar-refractivity contribution >= 4 is 11.3 Å². The summed E-state index contributed by atoms with van der Waals surface area (Å²) in [5, 5.41) is 3.61. The van der Waals surface area contributed by atoms with Crippen molar-refractivity contribution in [1.29, 1.82) is 0 Å². The second-order valence-corrected chi connectivity index (χ2v) is 5.91. The van der Waals surface area contributed by atoms with Crippen molar-refractivity contribution in [3.05, 3.63) is 45.4 Å². The van der Waals surface area contributed by atoms with Gasteiger partial charge < -0.3 is 10.1 Å². The van der Waals surface area contributed by atoms with Crippen LogP contribution in [0.3, 0.4) is 0 Å². The smallest absolute Gasteiger partial charge is 0.124 e. The average molecular weight is 290 g/mol. The predicted octanol–water partition coefficient (Wildman–Crippen LogP) is 3.86. The molecule has 0 spiro atoms. The number of benzene rings is 1. The molecule has 0 bridgehead atoms. The molecule has 2 rings (SSSR count). The van der Waals surface area contributed by atoms with Gasteiger partial charge in [-0.2, -0.15) is 0 Å². The molecule has 4 heteroatoms. The van der Waals surface area contributed by atoms with Gasteiger partial charge in [0.2, 0.25) is 0 Å². The lowest BCUT2D eigenvalue weighted by atomic mass is 9.97. The maximum Gasteiger partial charge on any atom is 0.124 e. The van der Waals surface area contributed by atoms with E-state index in [-0.39, 0.29) is 6.04 Å². The Morgan fingerprint density at radius 2 is 2.15 bits per heavy atom. The molecule has 108 valence electrons. The number of ether oxygens (including phenoxy) is 1. The average Bonchev–Trinajstić information content (AvgIpc) is 2.94. The summed E-state index contributed by atoms with van der Waals surface area (Å²) >= 11 is 1.68. The number of methoxy groups -OCH3 is 1. The van der Waals surface area contributed by atoms with Crippen molar-refractivity contribution in [2.24, 2.45) is 0 Å². The van der Waals surface area contributed by atoms with E-state index in [2.05, 4.69) is 43.2 Å². The molecule has 0 aliphatic rings. The van der Waals surface area contributed by atoms with E-state index in [1.807, 2.05) is 11.7 Å². The van der Waals surface area contributed by atoms with E-state index in [4.69, 9.17) is 4.74 Å². The largest absolute Gasteiger partial charge is 0.496 e. The Labute approximate surface area is 125 Å². The minimum absolute atomic E-state index is 0.151. The van der Waals surface area contributed by atoms with Gasteiger partial charge in [0, 0.05) is 16.6 Å². The summed E-state index contributed by atoms with van der Waals surface area (Å²) < 4.78 is 5.61. The molecule has 1 aromatic carbocycles. The summed E-state index contributed by atoms with van der Waals surface area (Å²) in [6, 6.07) is 4.46. The Bertz CT molecular complexity index is 552. The van der Waals surface area contributed by atoms with Gasteiger partial charge >= 0.3 is 0 Å². The number of nitrogens with zero attached hydrogens (tertiary/aromatic N) is 1. The van der Waals surface area contributed by atoms with Crippen LogP contribution in [0.5, 0.6) is 5.75 Å². The fourth-order valence-electron chi connectivity index (χ4n) is 2.48. The lowest BCUT2D eigenvalue weighted by molar-refractivity contribution is 0.403. The number of hydrogen-bond donors (Lipinski definition) is 1. The quantitative estimate of drug-likeness (QED) is 0.877. The van der Waals surface area contributed by atoms with Crippen molar-refractivity contribution in [2.75, 3.05) is 13.7 Å². The standard InChI is InChI=1S/C16H22N2OS/c1-5-6-18-16(14-9-17-10-20-14)15-12(3)7-11(2)8-13(15)19-4/h7-10,16,18H,5-6H2,1-4H3. The fraction of sp³-hybridized carbons (Fsp3) is 0.438. The highest BCUT2D eigenvalue weighted by atomic mass is 32.1. The third-order valence-electron chi connectivity index (χ3n) is 3.34. The number of aromatic nitrogens is 1. The van der Waals surface area contributed by atoms with Crippen molar-refractivity contribution in [3.8, 4) is 5.75 Å². The Kier molecular flexibility index (Phi) is 5.15. The van der Waals surface area contributed by atoms with Gasteiger partial charge in [0.1, 0.15) is 5.75 Å². The minimum atomic E-state index is 0.151. The number of rotatable bonds is 6. The van der Waals surface area contributed by atoms with Crippen molar-refractivity contribution in [1.82, 2.24) is 10.3 Å². The fourth-order valence-corrected chi connectivity index (χ4v) is 3.18. The molecule has 1 heterocycles. The van der Waals surface area contributed by atoms with Crippen LogP contribution < -0.4 is 10.1 Å². The summed E-state index contributed by atoms with van der Waals surface area (Å²) in [6.45, 7) is 7.39. The molecule has 0 saturated heterocycles. The molecular weight excluding hydrogens is 268 g/mol. The monoisotopic (exact) mass is 290 g/mol. The van der Waals surface area contributed by atoms with Gasteiger partial charge in [-0.25, -0.2) is 0 Å². The van der Waals surface area contributed by atoms with Crippen LogP contribution in [0.2, 0.25) is 0 Å². The van der Waals surface area contributed by atoms with E-state index in [1.165, 1.54) is 21.6 Å². The normalized spacial score (nSPS) is 12.4. The zero-order valence-electron chi connectivity index (χ0n) is 12.6. The van der Waals surface area contributed by atoms with Gasteiger partial charge in [-0.1, -0.05) is 13.0 Å². The van der Waals surface area contributed by atoms with E-state index >= 15 is 0 Å². The van der Waals surface area contributed by atoms with E-state index in [0.717, 1.165) is 18.7 Å². The maximum atomic E-state index is 5.61. The van der Waals surface area contributed by atoms with Gasteiger partial charge in [-0.15, -0.1) is 11.3 Å². The van der Waals surface area contributed by atoms with Gasteiger partial charge in [-0.3, -0.25) is 4.98 Å². The Hall–Kier alpha value is -1.39. The summed E-state index contributed by atoms with van der Waals surface area (Å²) in [4.78, 5) is 5.44. The van der Waals surface area contributed by atoms with Crippen molar-refractivity contribution < 1.29 is 4.74 Å². The summed E-state index contributed by atoms with van der Waals surface area (Å²) in [5.74, 6) is 0.949. The van der Waals surface area contributed by atoms with Crippen LogP contribution in [0.1, 0.15) is 41.0 Å². The van der Waals surface area contributed by atoms with Gasteiger partial charge in [0.25, 0.3) is 0 Å².